The average molecular weight is 209 g/mol. The Labute approximate surface area is 78.6 Å². The van der Waals surface area contributed by atoms with Crippen LogP contribution in [0.2, 0.25) is 0 Å². The van der Waals surface area contributed by atoms with Gasteiger partial charge in [0.25, 0.3) is 10.1 Å². The summed E-state index contributed by atoms with van der Waals surface area (Å²) in [5.41, 5.74) is 0. The molecule has 0 aliphatic rings. The zero-order chi connectivity index (χ0) is 10.5. The maximum absolute atomic E-state index is 10.8. The van der Waals surface area contributed by atoms with Crippen LogP contribution in [0.1, 0.15) is 20.3 Å². The summed E-state index contributed by atoms with van der Waals surface area (Å²) in [6, 6.07) is -0.308. The standard InChI is InChI=1S/C7H15NO4S/c1-4-7(6(2)8-5-9)12-13(3,10)11/h5-7H,4H2,1-3H3,(H,8,9). The van der Waals surface area contributed by atoms with Crippen LogP contribution < -0.4 is 5.32 Å². The fourth-order valence-corrected chi connectivity index (χ4v) is 1.70. The Morgan fingerprint density at radius 3 is 2.38 bits per heavy atom. The van der Waals surface area contributed by atoms with E-state index in [1.54, 1.807) is 13.8 Å². The molecule has 0 spiro atoms. The van der Waals surface area contributed by atoms with E-state index in [-0.39, 0.29) is 6.04 Å². The molecule has 0 aliphatic carbocycles. The predicted molar refractivity (Wildman–Crippen MR) is 48.7 cm³/mol. The first-order chi connectivity index (χ1) is 5.90. The van der Waals surface area contributed by atoms with Gasteiger partial charge in [0.1, 0.15) is 0 Å². The highest BCUT2D eigenvalue weighted by atomic mass is 32.2. The monoisotopic (exact) mass is 209 g/mol. The fraction of sp³-hybridized carbons (Fsp3) is 0.857. The number of hydrogen-bond acceptors (Lipinski definition) is 4. The highest BCUT2D eigenvalue weighted by molar-refractivity contribution is 7.86. The van der Waals surface area contributed by atoms with Gasteiger partial charge in [-0.05, 0) is 13.3 Å². The number of rotatable bonds is 6. The lowest BCUT2D eigenvalue weighted by molar-refractivity contribution is -0.110. The molecule has 1 N–H and O–H groups in total. The van der Waals surface area contributed by atoms with E-state index in [1.807, 2.05) is 0 Å². The van der Waals surface area contributed by atoms with Crippen molar-refractivity contribution in [2.75, 3.05) is 6.26 Å². The predicted octanol–water partition coefficient (Wildman–Crippen LogP) is -0.124. The summed E-state index contributed by atoms with van der Waals surface area (Å²) < 4.78 is 26.3. The van der Waals surface area contributed by atoms with Crippen molar-refractivity contribution in [2.24, 2.45) is 0 Å². The third-order valence-electron chi connectivity index (χ3n) is 1.59. The van der Waals surface area contributed by atoms with Crippen molar-refractivity contribution in [3.05, 3.63) is 0 Å². The highest BCUT2D eigenvalue weighted by Crippen LogP contribution is 2.06. The number of amides is 1. The third-order valence-corrected chi connectivity index (χ3v) is 2.19. The normalized spacial score (nSPS) is 16.2. The van der Waals surface area contributed by atoms with E-state index >= 15 is 0 Å². The van der Waals surface area contributed by atoms with E-state index in [0.29, 0.717) is 12.8 Å². The largest absolute Gasteiger partial charge is 0.354 e. The van der Waals surface area contributed by atoms with Gasteiger partial charge in [0.2, 0.25) is 6.41 Å². The topological polar surface area (TPSA) is 72.5 Å². The molecule has 0 heterocycles. The maximum Gasteiger partial charge on any atom is 0.264 e. The van der Waals surface area contributed by atoms with Crippen LogP contribution in [0.5, 0.6) is 0 Å². The Bertz CT molecular complexity index is 249. The molecule has 0 bridgehead atoms. The minimum atomic E-state index is -3.45. The average Bonchev–Trinajstić information content (AvgIpc) is 1.99. The van der Waals surface area contributed by atoms with Crippen LogP contribution >= 0.6 is 0 Å². The van der Waals surface area contributed by atoms with Crippen LogP contribution in [0.25, 0.3) is 0 Å². The molecular weight excluding hydrogens is 194 g/mol. The zero-order valence-corrected chi connectivity index (χ0v) is 8.80. The first kappa shape index (κ1) is 12.4. The van der Waals surface area contributed by atoms with E-state index in [9.17, 15) is 13.2 Å². The van der Waals surface area contributed by atoms with Crippen molar-refractivity contribution >= 4 is 16.5 Å². The molecule has 78 valence electrons. The summed E-state index contributed by atoms with van der Waals surface area (Å²) in [4.78, 5) is 10.1. The molecule has 0 aromatic rings. The quantitative estimate of drug-likeness (QED) is 0.489. The van der Waals surface area contributed by atoms with E-state index in [0.717, 1.165) is 6.26 Å². The van der Waals surface area contributed by atoms with Gasteiger partial charge in [0.05, 0.1) is 18.4 Å². The summed E-state index contributed by atoms with van der Waals surface area (Å²) in [6.45, 7) is 3.48. The summed E-state index contributed by atoms with van der Waals surface area (Å²) in [6.07, 6.45) is 1.54. The fourth-order valence-electron chi connectivity index (χ4n) is 0.944. The van der Waals surface area contributed by atoms with Crippen molar-refractivity contribution in [1.82, 2.24) is 5.32 Å². The van der Waals surface area contributed by atoms with Crippen molar-refractivity contribution < 1.29 is 17.4 Å². The number of carbonyl (C=O) groups excluding carboxylic acids is 1. The molecule has 0 radical (unpaired) electrons. The molecule has 6 heteroatoms. The van der Waals surface area contributed by atoms with Crippen molar-refractivity contribution in [3.63, 3.8) is 0 Å². The molecule has 2 atom stereocenters. The molecule has 0 aromatic carbocycles. The molecule has 0 fully saturated rings. The molecule has 0 saturated carbocycles. The number of nitrogens with one attached hydrogen (secondary N) is 1. The van der Waals surface area contributed by atoms with E-state index in [4.69, 9.17) is 4.18 Å². The summed E-state index contributed by atoms with van der Waals surface area (Å²) in [5, 5.41) is 2.45. The van der Waals surface area contributed by atoms with Crippen molar-refractivity contribution in [3.8, 4) is 0 Å². The number of carbonyl (C=O) groups is 1. The van der Waals surface area contributed by atoms with Gasteiger partial charge >= 0.3 is 0 Å². The second-order valence-corrected chi connectivity index (χ2v) is 4.42. The molecule has 0 aromatic heterocycles. The van der Waals surface area contributed by atoms with Gasteiger partial charge < -0.3 is 5.32 Å². The minimum absolute atomic E-state index is 0.308. The Morgan fingerprint density at radius 1 is 1.54 bits per heavy atom. The van der Waals surface area contributed by atoms with Crippen LogP contribution in [0.3, 0.4) is 0 Å². The van der Waals surface area contributed by atoms with Crippen LogP contribution in [0.15, 0.2) is 0 Å². The van der Waals surface area contributed by atoms with E-state index < -0.39 is 16.2 Å². The second kappa shape index (κ2) is 5.18. The number of hydrogen-bond donors (Lipinski definition) is 1. The summed E-state index contributed by atoms with van der Waals surface area (Å²) in [7, 11) is -3.45. The van der Waals surface area contributed by atoms with Gasteiger partial charge in [-0.25, -0.2) is 0 Å². The maximum atomic E-state index is 10.8. The van der Waals surface area contributed by atoms with Crippen LogP contribution in [-0.4, -0.2) is 33.2 Å². The van der Waals surface area contributed by atoms with E-state index in [2.05, 4.69) is 5.32 Å². The molecule has 0 aliphatic heterocycles. The van der Waals surface area contributed by atoms with E-state index in [1.165, 1.54) is 0 Å². The van der Waals surface area contributed by atoms with Crippen molar-refractivity contribution in [1.29, 1.82) is 0 Å². The van der Waals surface area contributed by atoms with Crippen LogP contribution in [-0.2, 0) is 19.1 Å². The smallest absolute Gasteiger partial charge is 0.264 e. The first-order valence-electron chi connectivity index (χ1n) is 3.98. The first-order valence-corrected chi connectivity index (χ1v) is 5.80. The Morgan fingerprint density at radius 2 is 2.08 bits per heavy atom. The molecule has 0 rings (SSSR count). The lowest BCUT2D eigenvalue weighted by atomic mass is 10.1. The van der Waals surface area contributed by atoms with Gasteiger partial charge in [-0.1, -0.05) is 6.92 Å². The van der Waals surface area contributed by atoms with Crippen LogP contribution in [0.4, 0.5) is 0 Å². The Kier molecular flexibility index (Phi) is 4.94. The SMILES string of the molecule is CCC(OS(C)(=O)=O)C(C)NC=O. The molecule has 2 unspecified atom stereocenters. The van der Waals surface area contributed by atoms with Gasteiger partial charge in [0.15, 0.2) is 0 Å². The molecule has 1 amide bonds. The molecule has 0 saturated heterocycles. The minimum Gasteiger partial charge on any atom is -0.354 e. The van der Waals surface area contributed by atoms with Crippen molar-refractivity contribution in [2.45, 2.75) is 32.4 Å². The summed E-state index contributed by atoms with van der Waals surface area (Å²) >= 11 is 0. The van der Waals surface area contributed by atoms with Gasteiger partial charge in [0, 0.05) is 0 Å². The van der Waals surface area contributed by atoms with Gasteiger partial charge in [-0.3, -0.25) is 8.98 Å². The lowest BCUT2D eigenvalue weighted by Gasteiger charge is -2.20. The van der Waals surface area contributed by atoms with Crippen LogP contribution in [0, 0.1) is 0 Å². The Balaban J connectivity index is 4.25. The highest BCUT2D eigenvalue weighted by Gasteiger charge is 2.19. The van der Waals surface area contributed by atoms with Gasteiger partial charge in [-0.2, -0.15) is 8.42 Å². The van der Waals surface area contributed by atoms with Gasteiger partial charge in [-0.15, -0.1) is 0 Å². The second-order valence-electron chi connectivity index (χ2n) is 2.82. The zero-order valence-electron chi connectivity index (χ0n) is 7.98. The molecule has 13 heavy (non-hydrogen) atoms. The molecular formula is C7H15NO4S. The Hall–Kier alpha value is -0.620. The third kappa shape index (κ3) is 5.59. The lowest BCUT2D eigenvalue weighted by Crippen LogP contribution is -2.38. The molecule has 5 nitrogen and oxygen atoms in total. The summed E-state index contributed by atoms with van der Waals surface area (Å²) in [5.74, 6) is 0.